The molecule has 3 N–H and O–H groups in total. The van der Waals surface area contributed by atoms with Crippen molar-refractivity contribution in [3.05, 3.63) is 39.9 Å². The Kier molecular flexibility index (Phi) is 2.21. The van der Waals surface area contributed by atoms with Gasteiger partial charge in [-0.3, -0.25) is 10.1 Å². The zero-order chi connectivity index (χ0) is 11.1. The first kappa shape index (κ1) is 10.1. The lowest BCUT2D eigenvalue weighted by Crippen LogP contribution is -2.51. The van der Waals surface area contributed by atoms with Crippen LogP contribution in [-0.4, -0.2) is 16.1 Å². The highest BCUT2D eigenvalue weighted by Crippen LogP contribution is 2.39. The van der Waals surface area contributed by atoms with Crippen LogP contribution in [0.1, 0.15) is 18.4 Å². The summed E-state index contributed by atoms with van der Waals surface area (Å²) in [5.41, 5.74) is 6.41. The highest BCUT2D eigenvalue weighted by molar-refractivity contribution is 5.37. The molecule has 1 aromatic carbocycles. The molecule has 2 rings (SSSR count). The van der Waals surface area contributed by atoms with Crippen LogP contribution in [0.2, 0.25) is 0 Å². The highest BCUT2D eigenvalue weighted by Gasteiger charge is 2.41. The van der Waals surface area contributed by atoms with Crippen molar-refractivity contribution in [2.75, 3.05) is 0 Å². The van der Waals surface area contributed by atoms with Gasteiger partial charge in [0.05, 0.1) is 11.0 Å². The van der Waals surface area contributed by atoms with Gasteiger partial charge in [0, 0.05) is 17.7 Å². The average molecular weight is 208 g/mol. The van der Waals surface area contributed by atoms with Crippen molar-refractivity contribution in [3.8, 4) is 0 Å². The van der Waals surface area contributed by atoms with Gasteiger partial charge in [-0.15, -0.1) is 0 Å². The number of nitrogens with zero attached hydrogens (tertiary/aromatic N) is 1. The summed E-state index contributed by atoms with van der Waals surface area (Å²) in [5, 5.41) is 19.6. The molecule has 0 spiro atoms. The molecule has 0 atom stereocenters. The molecule has 0 radical (unpaired) electrons. The van der Waals surface area contributed by atoms with Crippen LogP contribution >= 0.6 is 0 Å². The Morgan fingerprint density at radius 3 is 2.33 bits per heavy atom. The predicted octanol–water partition coefficient (Wildman–Crippen LogP) is 0.903. The minimum Gasteiger partial charge on any atom is -0.393 e. The number of nitro benzene ring substituents is 1. The van der Waals surface area contributed by atoms with E-state index in [1.54, 1.807) is 12.1 Å². The standard InChI is InChI=1S/C10H12N2O3/c11-10(5-9(13)6-10)7-1-3-8(4-2-7)12(14)15/h1-4,9,13H,5-6,11H2. The Morgan fingerprint density at radius 1 is 1.40 bits per heavy atom. The van der Waals surface area contributed by atoms with E-state index in [1.165, 1.54) is 12.1 Å². The Hall–Kier alpha value is -1.46. The van der Waals surface area contributed by atoms with Crippen LogP contribution in [0, 0.1) is 10.1 Å². The molecule has 1 saturated carbocycles. The van der Waals surface area contributed by atoms with Crippen LogP contribution in [0.3, 0.4) is 0 Å². The van der Waals surface area contributed by atoms with Gasteiger partial charge in [-0.05, 0) is 18.4 Å². The minimum atomic E-state index is -0.505. The lowest BCUT2D eigenvalue weighted by Gasteiger charge is -2.42. The fourth-order valence-electron chi connectivity index (χ4n) is 1.93. The van der Waals surface area contributed by atoms with E-state index >= 15 is 0 Å². The molecular formula is C10H12N2O3. The number of rotatable bonds is 2. The molecule has 0 aromatic heterocycles. The number of hydrogen-bond acceptors (Lipinski definition) is 4. The Bertz CT molecular complexity index is 382. The number of benzene rings is 1. The summed E-state index contributed by atoms with van der Waals surface area (Å²) in [6, 6.07) is 6.19. The molecule has 1 fully saturated rings. The third kappa shape index (κ3) is 1.71. The molecule has 5 heteroatoms. The van der Waals surface area contributed by atoms with Crippen LogP contribution in [0.25, 0.3) is 0 Å². The van der Waals surface area contributed by atoms with Crippen molar-refractivity contribution in [2.45, 2.75) is 24.5 Å². The van der Waals surface area contributed by atoms with Gasteiger partial charge in [0.15, 0.2) is 0 Å². The van der Waals surface area contributed by atoms with Gasteiger partial charge in [-0.2, -0.15) is 0 Å². The van der Waals surface area contributed by atoms with Gasteiger partial charge in [0.1, 0.15) is 0 Å². The maximum atomic E-state index is 10.4. The summed E-state index contributed by atoms with van der Waals surface area (Å²) in [6.07, 6.45) is 0.695. The number of non-ortho nitro benzene ring substituents is 1. The van der Waals surface area contributed by atoms with Crippen LogP contribution in [0.5, 0.6) is 0 Å². The molecule has 0 heterocycles. The second kappa shape index (κ2) is 3.29. The molecule has 15 heavy (non-hydrogen) atoms. The monoisotopic (exact) mass is 208 g/mol. The smallest absolute Gasteiger partial charge is 0.269 e. The molecule has 1 aliphatic carbocycles. The largest absolute Gasteiger partial charge is 0.393 e. The van der Waals surface area contributed by atoms with E-state index < -0.39 is 10.5 Å². The van der Waals surface area contributed by atoms with Crippen molar-refractivity contribution < 1.29 is 10.0 Å². The molecule has 0 unspecified atom stereocenters. The van der Waals surface area contributed by atoms with E-state index in [0.29, 0.717) is 12.8 Å². The van der Waals surface area contributed by atoms with E-state index in [1.807, 2.05) is 0 Å². The van der Waals surface area contributed by atoms with Crippen molar-refractivity contribution in [1.82, 2.24) is 0 Å². The minimum absolute atomic E-state index is 0.0576. The van der Waals surface area contributed by atoms with Gasteiger partial charge < -0.3 is 10.8 Å². The highest BCUT2D eigenvalue weighted by atomic mass is 16.6. The summed E-state index contributed by atoms with van der Waals surface area (Å²) in [4.78, 5) is 9.99. The fourth-order valence-corrected chi connectivity index (χ4v) is 1.93. The normalized spacial score (nSPS) is 29.6. The first-order valence-electron chi connectivity index (χ1n) is 4.73. The SMILES string of the molecule is NC1(c2ccc([N+](=O)[O-])cc2)CC(O)C1. The van der Waals surface area contributed by atoms with Crippen molar-refractivity contribution in [1.29, 1.82) is 0 Å². The summed E-state index contributed by atoms with van der Waals surface area (Å²) >= 11 is 0. The third-order valence-corrected chi connectivity index (χ3v) is 2.85. The maximum Gasteiger partial charge on any atom is 0.269 e. The Morgan fingerprint density at radius 2 is 1.93 bits per heavy atom. The number of nitrogens with two attached hydrogens (primary N) is 1. The molecule has 0 saturated heterocycles. The molecular weight excluding hydrogens is 196 g/mol. The second-order valence-corrected chi connectivity index (χ2v) is 4.02. The van der Waals surface area contributed by atoms with Gasteiger partial charge in [0.25, 0.3) is 5.69 Å². The lowest BCUT2D eigenvalue weighted by molar-refractivity contribution is -0.384. The number of aliphatic hydroxyl groups excluding tert-OH is 1. The summed E-state index contributed by atoms with van der Waals surface area (Å²) in [5.74, 6) is 0. The average Bonchev–Trinajstić information content (AvgIpc) is 2.16. The topological polar surface area (TPSA) is 89.4 Å². The summed E-state index contributed by atoms with van der Waals surface area (Å²) in [7, 11) is 0. The van der Waals surface area contributed by atoms with Gasteiger partial charge in [-0.1, -0.05) is 12.1 Å². The maximum absolute atomic E-state index is 10.4. The zero-order valence-electron chi connectivity index (χ0n) is 8.09. The molecule has 0 amide bonds. The quantitative estimate of drug-likeness (QED) is 0.558. The van der Waals surface area contributed by atoms with Gasteiger partial charge in [-0.25, -0.2) is 0 Å². The molecule has 0 aliphatic heterocycles. The Labute approximate surface area is 86.7 Å². The van der Waals surface area contributed by atoms with E-state index in [9.17, 15) is 15.2 Å². The van der Waals surface area contributed by atoms with Crippen molar-refractivity contribution in [2.24, 2.45) is 5.73 Å². The van der Waals surface area contributed by atoms with E-state index in [0.717, 1.165) is 5.56 Å². The molecule has 80 valence electrons. The number of aliphatic hydroxyl groups is 1. The lowest BCUT2D eigenvalue weighted by atomic mass is 9.71. The van der Waals surface area contributed by atoms with Crippen LogP contribution < -0.4 is 5.73 Å². The van der Waals surface area contributed by atoms with Gasteiger partial charge in [0.2, 0.25) is 0 Å². The van der Waals surface area contributed by atoms with Crippen molar-refractivity contribution >= 4 is 5.69 Å². The third-order valence-electron chi connectivity index (χ3n) is 2.85. The molecule has 1 aliphatic rings. The Balaban J connectivity index is 2.21. The van der Waals surface area contributed by atoms with E-state index in [4.69, 9.17) is 5.73 Å². The molecule has 0 bridgehead atoms. The molecule has 1 aromatic rings. The first-order valence-corrected chi connectivity index (χ1v) is 4.73. The van der Waals surface area contributed by atoms with E-state index in [2.05, 4.69) is 0 Å². The predicted molar refractivity (Wildman–Crippen MR) is 54.2 cm³/mol. The summed E-state index contributed by atoms with van der Waals surface area (Å²) in [6.45, 7) is 0. The van der Waals surface area contributed by atoms with E-state index in [-0.39, 0.29) is 11.8 Å². The second-order valence-electron chi connectivity index (χ2n) is 4.02. The first-order chi connectivity index (χ1) is 7.01. The van der Waals surface area contributed by atoms with Gasteiger partial charge >= 0.3 is 0 Å². The fraction of sp³-hybridized carbons (Fsp3) is 0.400. The number of nitro groups is 1. The van der Waals surface area contributed by atoms with Crippen molar-refractivity contribution in [3.63, 3.8) is 0 Å². The van der Waals surface area contributed by atoms with Crippen LogP contribution in [0.4, 0.5) is 5.69 Å². The summed E-state index contributed by atoms with van der Waals surface area (Å²) < 4.78 is 0. The van der Waals surface area contributed by atoms with Crippen LogP contribution in [-0.2, 0) is 5.54 Å². The number of hydrogen-bond donors (Lipinski definition) is 2. The molecule has 5 nitrogen and oxygen atoms in total. The zero-order valence-corrected chi connectivity index (χ0v) is 8.09. The van der Waals surface area contributed by atoms with Crippen LogP contribution in [0.15, 0.2) is 24.3 Å².